The van der Waals surface area contributed by atoms with Crippen LogP contribution >= 0.6 is 0 Å². The van der Waals surface area contributed by atoms with E-state index in [0.717, 1.165) is 0 Å². The van der Waals surface area contributed by atoms with E-state index in [1.807, 2.05) is 0 Å². The second-order valence-corrected chi connectivity index (χ2v) is 7.89. The lowest BCUT2D eigenvalue weighted by Gasteiger charge is -2.24. The van der Waals surface area contributed by atoms with Gasteiger partial charge in [-0.3, -0.25) is 19.2 Å². The van der Waals surface area contributed by atoms with E-state index in [4.69, 9.17) is 11.5 Å². The van der Waals surface area contributed by atoms with Gasteiger partial charge < -0.3 is 37.5 Å². The summed E-state index contributed by atoms with van der Waals surface area (Å²) < 4.78 is 0. The lowest BCUT2D eigenvalue weighted by Crippen LogP contribution is -2.57. The van der Waals surface area contributed by atoms with Crippen LogP contribution in [0.5, 0.6) is 0 Å². The first-order valence-corrected chi connectivity index (χ1v) is 10.6. The highest BCUT2D eigenvalue weighted by molar-refractivity contribution is 5.94. The largest absolute Gasteiger partial charge is 0.480 e. The average Bonchev–Trinajstić information content (AvgIpc) is 3.26. The molecular weight excluding hydrogens is 434 g/mol. The summed E-state index contributed by atoms with van der Waals surface area (Å²) in [4.78, 5) is 66.9. The number of H-pyrrole nitrogens is 1. The van der Waals surface area contributed by atoms with Gasteiger partial charge in [0.15, 0.2) is 0 Å². The minimum atomic E-state index is -1.19. The molecule has 1 rings (SSSR count). The fourth-order valence-corrected chi connectivity index (χ4v) is 2.90. The highest BCUT2D eigenvalue weighted by Crippen LogP contribution is 2.08. The van der Waals surface area contributed by atoms with Gasteiger partial charge in [-0.2, -0.15) is 0 Å². The van der Waals surface area contributed by atoms with Crippen LogP contribution in [-0.4, -0.2) is 68.8 Å². The molecule has 1 heterocycles. The van der Waals surface area contributed by atoms with Gasteiger partial charge in [0.25, 0.3) is 0 Å². The number of hydrogen-bond acceptors (Lipinski definition) is 7. The molecule has 0 aliphatic carbocycles. The number of aliphatic carboxylic acids is 1. The second-order valence-electron chi connectivity index (χ2n) is 7.89. The Kier molecular flexibility index (Phi) is 11.0. The van der Waals surface area contributed by atoms with Gasteiger partial charge in [0, 0.05) is 24.7 Å². The number of nitrogens with two attached hydrogens (primary N) is 2. The predicted octanol–water partition coefficient (Wildman–Crippen LogP) is -1.85. The number of amides is 4. The van der Waals surface area contributed by atoms with Crippen LogP contribution in [0.25, 0.3) is 0 Å². The Hall–Kier alpha value is -3.48. The zero-order chi connectivity index (χ0) is 25.1. The number of rotatable bonds is 14. The SMILES string of the molecule is CCC(C)C(NC(=O)C(C)NC(=O)C(CCC(N)=O)NC(=O)C(N)Cc1cnc[nH]1)C(=O)O. The molecule has 0 saturated heterocycles. The van der Waals surface area contributed by atoms with Crippen LogP contribution in [0.1, 0.15) is 45.7 Å². The van der Waals surface area contributed by atoms with Gasteiger partial charge in [-0.05, 0) is 19.3 Å². The number of carboxylic acid groups (broad SMARTS) is 1. The number of aromatic nitrogens is 2. The molecule has 0 fully saturated rings. The van der Waals surface area contributed by atoms with Crippen LogP contribution in [0, 0.1) is 5.92 Å². The molecule has 33 heavy (non-hydrogen) atoms. The van der Waals surface area contributed by atoms with Crippen LogP contribution in [0.3, 0.4) is 0 Å². The van der Waals surface area contributed by atoms with Crippen molar-refractivity contribution in [3.8, 4) is 0 Å². The van der Waals surface area contributed by atoms with Crippen molar-refractivity contribution in [3.05, 3.63) is 18.2 Å². The first-order chi connectivity index (χ1) is 15.5. The monoisotopic (exact) mass is 467 g/mol. The van der Waals surface area contributed by atoms with Crippen molar-refractivity contribution in [1.82, 2.24) is 25.9 Å². The van der Waals surface area contributed by atoms with Crippen LogP contribution < -0.4 is 27.4 Å². The summed E-state index contributed by atoms with van der Waals surface area (Å²) in [5.41, 5.74) is 11.7. The van der Waals surface area contributed by atoms with Gasteiger partial charge in [-0.1, -0.05) is 20.3 Å². The standard InChI is InChI=1S/C20H33N7O6/c1-4-10(2)16(20(32)33)27-17(29)11(3)25-19(31)14(5-6-15(22)28)26-18(30)13(21)7-12-8-23-9-24-12/h8-11,13-14,16H,4-7,21H2,1-3H3,(H2,22,28)(H,23,24)(H,25,31)(H,26,30)(H,27,29)(H,32,33). The fraction of sp³-hybridized carbons (Fsp3) is 0.600. The molecule has 0 aliphatic rings. The van der Waals surface area contributed by atoms with Crippen molar-refractivity contribution in [2.24, 2.45) is 17.4 Å². The summed E-state index contributed by atoms with van der Waals surface area (Å²) in [5, 5.41) is 16.6. The summed E-state index contributed by atoms with van der Waals surface area (Å²) in [5.74, 6) is -4.27. The van der Waals surface area contributed by atoms with E-state index >= 15 is 0 Å². The topological polar surface area (TPSA) is 222 Å². The normalized spacial score (nSPS) is 15.4. The number of aromatic amines is 1. The van der Waals surface area contributed by atoms with Gasteiger partial charge >= 0.3 is 5.97 Å². The molecule has 5 atom stereocenters. The Balaban J connectivity index is 2.79. The molecule has 0 aromatic carbocycles. The average molecular weight is 468 g/mol. The Morgan fingerprint density at radius 3 is 2.27 bits per heavy atom. The number of nitrogens with zero attached hydrogens (tertiary/aromatic N) is 1. The van der Waals surface area contributed by atoms with Gasteiger partial charge in [-0.25, -0.2) is 9.78 Å². The van der Waals surface area contributed by atoms with Crippen molar-refractivity contribution in [2.45, 2.75) is 70.6 Å². The highest BCUT2D eigenvalue weighted by Gasteiger charge is 2.30. The van der Waals surface area contributed by atoms with Gasteiger partial charge in [0.2, 0.25) is 23.6 Å². The summed E-state index contributed by atoms with van der Waals surface area (Å²) >= 11 is 0. The highest BCUT2D eigenvalue weighted by atomic mass is 16.4. The van der Waals surface area contributed by atoms with Crippen molar-refractivity contribution < 1.29 is 29.1 Å². The van der Waals surface area contributed by atoms with Crippen LogP contribution in [-0.2, 0) is 30.4 Å². The van der Waals surface area contributed by atoms with Crippen molar-refractivity contribution in [1.29, 1.82) is 0 Å². The van der Waals surface area contributed by atoms with E-state index in [2.05, 4.69) is 25.9 Å². The van der Waals surface area contributed by atoms with Gasteiger partial charge in [0.1, 0.15) is 18.1 Å². The van der Waals surface area contributed by atoms with E-state index in [-0.39, 0.29) is 25.2 Å². The number of primary amides is 1. The number of carboxylic acids is 1. The number of hydrogen-bond donors (Lipinski definition) is 7. The number of carbonyl (C=O) groups is 5. The molecule has 0 aliphatic heterocycles. The van der Waals surface area contributed by atoms with Gasteiger partial charge in [0.05, 0.1) is 12.4 Å². The summed E-state index contributed by atoms with van der Waals surface area (Å²) in [6.07, 6.45) is 3.31. The Bertz CT molecular complexity index is 829. The molecule has 13 heteroatoms. The molecule has 13 nitrogen and oxygen atoms in total. The maximum absolute atomic E-state index is 12.7. The molecule has 4 amide bonds. The van der Waals surface area contributed by atoms with Crippen LogP contribution in [0.15, 0.2) is 12.5 Å². The number of imidazole rings is 1. The molecule has 0 saturated carbocycles. The van der Waals surface area contributed by atoms with E-state index in [1.54, 1.807) is 13.8 Å². The quantitative estimate of drug-likeness (QED) is 0.164. The van der Waals surface area contributed by atoms with E-state index in [0.29, 0.717) is 12.1 Å². The first kappa shape index (κ1) is 27.6. The zero-order valence-electron chi connectivity index (χ0n) is 19.0. The van der Waals surface area contributed by atoms with Gasteiger partial charge in [-0.15, -0.1) is 0 Å². The molecule has 0 bridgehead atoms. The maximum atomic E-state index is 12.7. The zero-order valence-corrected chi connectivity index (χ0v) is 19.0. The first-order valence-electron chi connectivity index (χ1n) is 10.6. The minimum Gasteiger partial charge on any atom is -0.480 e. The smallest absolute Gasteiger partial charge is 0.326 e. The van der Waals surface area contributed by atoms with Crippen LogP contribution in [0.2, 0.25) is 0 Å². The molecule has 1 aromatic rings. The Labute approximate surface area is 191 Å². The van der Waals surface area contributed by atoms with Crippen molar-refractivity contribution in [3.63, 3.8) is 0 Å². The third-order valence-electron chi connectivity index (χ3n) is 5.17. The molecule has 9 N–H and O–H groups in total. The van der Waals surface area contributed by atoms with E-state index in [1.165, 1.54) is 19.4 Å². The van der Waals surface area contributed by atoms with Crippen LogP contribution in [0.4, 0.5) is 0 Å². The molecular formula is C20H33N7O6. The molecule has 0 radical (unpaired) electrons. The second kappa shape index (κ2) is 13.2. The lowest BCUT2D eigenvalue weighted by molar-refractivity contribution is -0.143. The number of carbonyl (C=O) groups excluding carboxylic acids is 4. The Morgan fingerprint density at radius 2 is 1.76 bits per heavy atom. The van der Waals surface area contributed by atoms with Crippen molar-refractivity contribution >= 4 is 29.6 Å². The lowest BCUT2D eigenvalue weighted by atomic mass is 9.99. The third-order valence-corrected chi connectivity index (χ3v) is 5.17. The van der Waals surface area contributed by atoms with E-state index in [9.17, 15) is 29.1 Å². The third kappa shape index (κ3) is 9.27. The molecule has 1 aromatic heterocycles. The minimum absolute atomic E-state index is 0.108. The summed E-state index contributed by atoms with van der Waals surface area (Å²) in [6, 6.07) is -4.40. The molecule has 0 spiro atoms. The van der Waals surface area contributed by atoms with E-state index < -0.39 is 53.8 Å². The number of nitrogens with one attached hydrogen (secondary N) is 4. The Morgan fingerprint density at radius 1 is 1.09 bits per heavy atom. The molecule has 5 unspecified atom stereocenters. The maximum Gasteiger partial charge on any atom is 0.326 e. The summed E-state index contributed by atoms with van der Waals surface area (Å²) in [7, 11) is 0. The molecule has 184 valence electrons. The predicted molar refractivity (Wildman–Crippen MR) is 117 cm³/mol. The van der Waals surface area contributed by atoms with Crippen molar-refractivity contribution in [2.75, 3.05) is 0 Å². The fourth-order valence-electron chi connectivity index (χ4n) is 2.90. The summed E-state index contributed by atoms with van der Waals surface area (Å²) in [6.45, 7) is 4.85.